The standard InChI is InChI=1S/C9H11N3O2/c1-2-14-9(13)12-11-7-8-4-3-5-10-6-8/h3-7H,2H2,1H3,(H,12,13)/b11-7-. The van der Waals surface area contributed by atoms with Gasteiger partial charge in [0.05, 0.1) is 12.8 Å². The summed E-state index contributed by atoms with van der Waals surface area (Å²) < 4.78 is 4.60. The zero-order valence-electron chi connectivity index (χ0n) is 7.80. The normalized spacial score (nSPS) is 10.1. The van der Waals surface area contributed by atoms with Crippen LogP contribution < -0.4 is 5.43 Å². The highest BCUT2D eigenvalue weighted by molar-refractivity contribution is 5.80. The molecule has 1 rings (SSSR count). The largest absolute Gasteiger partial charge is 0.449 e. The summed E-state index contributed by atoms with van der Waals surface area (Å²) in [6.45, 7) is 2.05. The molecule has 0 saturated heterocycles. The van der Waals surface area contributed by atoms with Gasteiger partial charge >= 0.3 is 6.09 Å². The number of hydrogen-bond donors (Lipinski definition) is 1. The highest BCUT2D eigenvalue weighted by atomic mass is 16.5. The number of aromatic nitrogens is 1. The molecule has 0 aliphatic heterocycles. The number of carbonyl (C=O) groups is 1. The third-order valence-electron chi connectivity index (χ3n) is 1.33. The molecule has 0 atom stereocenters. The van der Waals surface area contributed by atoms with Gasteiger partial charge in [0.2, 0.25) is 0 Å². The van der Waals surface area contributed by atoms with E-state index in [9.17, 15) is 4.79 Å². The number of nitrogens with zero attached hydrogens (tertiary/aromatic N) is 2. The Balaban J connectivity index is 2.38. The molecule has 0 saturated carbocycles. The second-order valence-electron chi connectivity index (χ2n) is 2.38. The van der Waals surface area contributed by atoms with Crippen molar-refractivity contribution in [3.63, 3.8) is 0 Å². The summed E-state index contributed by atoms with van der Waals surface area (Å²) in [5.74, 6) is 0. The van der Waals surface area contributed by atoms with Crippen molar-refractivity contribution in [1.82, 2.24) is 10.4 Å². The summed E-state index contributed by atoms with van der Waals surface area (Å²) in [4.78, 5) is 14.7. The molecule has 0 spiro atoms. The van der Waals surface area contributed by atoms with E-state index in [4.69, 9.17) is 0 Å². The summed E-state index contributed by atoms with van der Waals surface area (Å²) in [5, 5.41) is 3.67. The lowest BCUT2D eigenvalue weighted by Crippen LogP contribution is -2.18. The van der Waals surface area contributed by atoms with Crippen molar-refractivity contribution in [2.24, 2.45) is 5.10 Å². The zero-order chi connectivity index (χ0) is 10.2. The van der Waals surface area contributed by atoms with Crippen LogP contribution in [0.5, 0.6) is 0 Å². The Morgan fingerprint density at radius 2 is 2.64 bits per heavy atom. The van der Waals surface area contributed by atoms with E-state index in [2.05, 4.69) is 20.2 Å². The minimum Gasteiger partial charge on any atom is -0.449 e. The second-order valence-corrected chi connectivity index (χ2v) is 2.38. The van der Waals surface area contributed by atoms with Crippen LogP contribution in [0.3, 0.4) is 0 Å². The third-order valence-corrected chi connectivity index (χ3v) is 1.33. The van der Waals surface area contributed by atoms with Gasteiger partial charge in [-0.05, 0) is 13.0 Å². The summed E-state index contributed by atoms with van der Waals surface area (Å²) in [7, 11) is 0. The van der Waals surface area contributed by atoms with Gasteiger partial charge in [0.1, 0.15) is 0 Å². The van der Waals surface area contributed by atoms with Crippen LogP contribution >= 0.6 is 0 Å². The molecular weight excluding hydrogens is 182 g/mol. The van der Waals surface area contributed by atoms with Crippen LogP contribution in [0.2, 0.25) is 0 Å². The van der Waals surface area contributed by atoms with Crippen LogP contribution in [0.1, 0.15) is 12.5 Å². The van der Waals surface area contributed by atoms with Crippen molar-refractivity contribution in [3.8, 4) is 0 Å². The molecule has 1 N–H and O–H groups in total. The van der Waals surface area contributed by atoms with E-state index in [1.165, 1.54) is 6.21 Å². The van der Waals surface area contributed by atoms with Crippen molar-refractivity contribution in [2.75, 3.05) is 6.61 Å². The fourth-order valence-corrected chi connectivity index (χ4v) is 0.775. The predicted octanol–water partition coefficient (Wildman–Crippen LogP) is 1.16. The minimum absolute atomic E-state index is 0.328. The van der Waals surface area contributed by atoms with Gasteiger partial charge in [-0.25, -0.2) is 10.2 Å². The molecule has 1 aromatic rings. The lowest BCUT2D eigenvalue weighted by Gasteiger charge is -1.98. The molecule has 1 heterocycles. The Hall–Kier alpha value is -1.91. The molecule has 1 amide bonds. The predicted molar refractivity (Wildman–Crippen MR) is 52.0 cm³/mol. The second kappa shape index (κ2) is 5.69. The average Bonchev–Trinajstić information content (AvgIpc) is 2.20. The Labute approximate surface area is 81.8 Å². The van der Waals surface area contributed by atoms with E-state index in [-0.39, 0.29) is 0 Å². The smallest absolute Gasteiger partial charge is 0.427 e. The molecular formula is C9H11N3O2. The van der Waals surface area contributed by atoms with Crippen LogP contribution in [0, 0.1) is 0 Å². The highest BCUT2D eigenvalue weighted by Gasteiger charge is 1.94. The first kappa shape index (κ1) is 10.2. The van der Waals surface area contributed by atoms with Crippen molar-refractivity contribution in [1.29, 1.82) is 0 Å². The number of hydrazone groups is 1. The van der Waals surface area contributed by atoms with Gasteiger partial charge in [-0.2, -0.15) is 5.10 Å². The SMILES string of the molecule is CCOC(=O)N/N=C\c1cccnc1. The van der Waals surface area contributed by atoms with Crippen LogP contribution in [-0.4, -0.2) is 23.9 Å². The lowest BCUT2D eigenvalue weighted by atomic mass is 10.3. The molecule has 74 valence electrons. The minimum atomic E-state index is -0.562. The molecule has 0 aromatic carbocycles. The van der Waals surface area contributed by atoms with E-state index in [1.54, 1.807) is 25.4 Å². The quantitative estimate of drug-likeness (QED) is 0.578. The zero-order valence-corrected chi connectivity index (χ0v) is 7.80. The Morgan fingerprint density at radius 1 is 1.79 bits per heavy atom. The fourth-order valence-electron chi connectivity index (χ4n) is 0.775. The third kappa shape index (κ3) is 3.66. The molecule has 0 aliphatic carbocycles. The van der Waals surface area contributed by atoms with Gasteiger partial charge in [-0.15, -0.1) is 0 Å². The summed E-state index contributed by atoms with van der Waals surface area (Å²) in [6, 6.07) is 3.61. The lowest BCUT2D eigenvalue weighted by molar-refractivity contribution is 0.152. The monoisotopic (exact) mass is 193 g/mol. The van der Waals surface area contributed by atoms with Crippen molar-refractivity contribution < 1.29 is 9.53 Å². The van der Waals surface area contributed by atoms with Crippen LogP contribution in [0.15, 0.2) is 29.6 Å². The van der Waals surface area contributed by atoms with Crippen molar-refractivity contribution in [3.05, 3.63) is 30.1 Å². The van der Waals surface area contributed by atoms with Gasteiger partial charge in [0, 0.05) is 18.0 Å². The first-order valence-corrected chi connectivity index (χ1v) is 4.18. The van der Waals surface area contributed by atoms with Gasteiger partial charge in [0.25, 0.3) is 0 Å². The molecule has 0 unspecified atom stereocenters. The molecule has 0 fully saturated rings. The van der Waals surface area contributed by atoms with E-state index < -0.39 is 6.09 Å². The molecule has 1 aromatic heterocycles. The number of nitrogens with one attached hydrogen (secondary N) is 1. The van der Waals surface area contributed by atoms with Crippen LogP contribution in [0.4, 0.5) is 4.79 Å². The van der Waals surface area contributed by atoms with Gasteiger partial charge in [-0.3, -0.25) is 4.98 Å². The topological polar surface area (TPSA) is 63.6 Å². The first-order chi connectivity index (χ1) is 6.83. The number of amides is 1. The van der Waals surface area contributed by atoms with Gasteiger partial charge in [-0.1, -0.05) is 6.07 Å². The van der Waals surface area contributed by atoms with E-state index >= 15 is 0 Å². The Morgan fingerprint density at radius 3 is 3.29 bits per heavy atom. The summed E-state index contributed by atoms with van der Waals surface area (Å²) in [5.41, 5.74) is 3.02. The van der Waals surface area contributed by atoms with Gasteiger partial charge in [0.15, 0.2) is 0 Å². The Bertz CT molecular complexity index is 311. The van der Waals surface area contributed by atoms with Crippen molar-refractivity contribution >= 4 is 12.3 Å². The maximum absolute atomic E-state index is 10.8. The number of rotatable bonds is 3. The van der Waals surface area contributed by atoms with Crippen LogP contribution in [0.25, 0.3) is 0 Å². The maximum atomic E-state index is 10.8. The van der Waals surface area contributed by atoms with E-state index in [1.807, 2.05) is 6.07 Å². The van der Waals surface area contributed by atoms with Crippen LogP contribution in [-0.2, 0) is 4.74 Å². The number of ether oxygens (including phenoxy) is 1. The highest BCUT2D eigenvalue weighted by Crippen LogP contribution is 1.89. The number of carbonyl (C=O) groups excluding carboxylic acids is 1. The molecule has 0 radical (unpaired) electrons. The molecule has 5 nitrogen and oxygen atoms in total. The van der Waals surface area contributed by atoms with Crippen molar-refractivity contribution in [2.45, 2.75) is 6.92 Å². The molecule has 5 heteroatoms. The summed E-state index contributed by atoms with van der Waals surface area (Å²) in [6.07, 6.45) is 4.23. The van der Waals surface area contributed by atoms with E-state index in [0.717, 1.165) is 5.56 Å². The Kier molecular flexibility index (Phi) is 4.13. The molecule has 0 bridgehead atoms. The number of pyridine rings is 1. The van der Waals surface area contributed by atoms with E-state index in [0.29, 0.717) is 6.61 Å². The van der Waals surface area contributed by atoms with Gasteiger partial charge < -0.3 is 4.74 Å². The fraction of sp³-hybridized carbons (Fsp3) is 0.222. The maximum Gasteiger partial charge on any atom is 0.427 e. The number of hydrogen-bond acceptors (Lipinski definition) is 4. The molecule has 0 aliphatic rings. The average molecular weight is 193 g/mol. The molecule has 14 heavy (non-hydrogen) atoms. The first-order valence-electron chi connectivity index (χ1n) is 4.18. The summed E-state index contributed by atoms with van der Waals surface area (Å²) >= 11 is 0.